The van der Waals surface area contributed by atoms with Crippen molar-refractivity contribution in [1.29, 1.82) is 0 Å². The molecule has 1 aromatic rings. The Kier molecular flexibility index (Phi) is 12.2. The van der Waals surface area contributed by atoms with Gasteiger partial charge in [0.25, 0.3) is 5.91 Å². The van der Waals surface area contributed by atoms with Gasteiger partial charge in [-0.15, -0.1) is 0 Å². The second kappa shape index (κ2) is 14.0. The van der Waals surface area contributed by atoms with Crippen LogP contribution in [0.25, 0.3) is 0 Å². The molecule has 0 spiro atoms. The normalized spacial score (nSPS) is 13.4. The number of hydrogen-bond acceptors (Lipinski definition) is 8. The number of aryl methyl sites for hydroxylation is 1. The maximum Gasteiger partial charge on any atom is 0.251 e. The van der Waals surface area contributed by atoms with Crippen molar-refractivity contribution in [2.24, 2.45) is 10.3 Å². The molecule has 0 atom stereocenters. The SMILES string of the molecule is CCc1ccc(C(=O)NCCN(CCNC(C)(C)/C(C)=N/O)CCNC(C)(C)/C(C)=N/O)cc1. The lowest BCUT2D eigenvalue weighted by molar-refractivity contribution is 0.0948. The van der Waals surface area contributed by atoms with Crippen molar-refractivity contribution in [3.63, 3.8) is 0 Å². The molecule has 0 aromatic heterocycles. The second-order valence-electron chi connectivity index (χ2n) is 9.62. The van der Waals surface area contributed by atoms with E-state index in [1.807, 2.05) is 52.0 Å². The fourth-order valence-electron chi connectivity index (χ4n) is 3.22. The number of rotatable bonds is 15. The zero-order valence-corrected chi connectivity index (χ0v) is 21.9. The van der Waals surface area contributed by atoms with Gasteiger partial charge in [-0.05, 0) is 65.7 Å². The fourth-order valence-corrected chi connectivity index (χ4v) is 3.22. The molecule has 0 aliphatic rings. The second-order valence-corrected chi connectivity index (χ2v) is 9.62. The molecule has 1 aromatic carbocycles. The molecule has 9 nitrogen and oxygen atoms in total. The lowest BCUT2D eigenvalue weighted by atomic mass is 9.99. The Hall–Kier alpha value is -2.49. The predicted octanol–water partition coefficient (Wildman–Crippen LogP) is 2.72. The molecule has 0 saturated carbocycles. The fraction of sp³-hybridized carbons (Fsp3) is 0.640. The van der Waals surface area contributed by atoms with Crippen LogP contribution in [0.15, 0.2) is 34.6 Å². The summed E-state index contributed by atoms with van der Waals surface area (Å²) in [6, 6.07) is 7.69. The van der Waals surface area contributed by atoms with E-state index in [0.717, 1.165) is 19.5 Å². The van der Waals surface area contributed by atoms with Gasteiger partial charge in [-0.25, -0.2) is 0 Å². The molecule has 0 aliphatic carbocycles. The summed E-state index contributed by atoms with van der Waals surface area (Å²) in [6.45, 7) is 17.6. The standard InChI is InChI=1S/C25H44N6O3/c1-8-21-9-11-22(12-10-21)23(32)26-13-16-31(17-14-27-24(4,5)19(2)29-33)18-15-28-25(6,7)20(3)30-34/h9-12,27-28,33-34H,8,13-18H2,1-7H3,(H,26,32)/b29-19+,30-20+. The third-order valence-electron chi connectivity index (χ3n) is 6.44. The van der Waals surface area contributed by atoms with Crippen LogP contribution in [0.5, 0.6) is 0 Å². The van der Waals surface area contributed by atoms with Gasteiger partial charge in [0.05, 0.1) is 22.5 Å². The van der Waals surface area contributed by atoms with E-state index in [-0.39, 0.29) is 5.91 Å². The minimum absolute atomic E-state index is 0.0781. The van der Waals surface area contributed by atoms with E-state index in [4.69, 9.17) is 10.4 Å². The van der Waals surface area contributed by atoms with Gasteiger partial charge in [0.1, 0.15) is 0 Å². The molecule has 0 aliphatic heterocycles. The molecule has 1 rings (SSSR count). The smallest absolute Gasteiger partial charge is 0.251 e. The summed E-state index contributed by atoms with van der Waals surface area (Å²) in [6.07, 6.45) is 0.944. The van der Waals surface area contributed by atoms with Gasteiger partial charge in [0.15, 0.2) is 0 Å². The van der Waals surface area contributed by atoms with Gasteiger partial charge >= 0.3 is 0 Å². The first-order chi connectivity index (χ1) is 16.0. The Balaban J connectivity index is 2.66. The van der Waals surface area contributed by atoms with E-state index in [1.54, 1.807) is 13.8 Å². The Morgan fingerprint density at radius 1 is 0.853 bits per heavy atom. The Morgan fingerprint density at radius 3 is 1.71 bits per heavy atom. The number of carbonyl (C=O) groups is 1. The van der Waals surface area contributed by atoms with Gasteiger partial charge in [-0.2, -0.15) is 0 Å². The highest BCUT2D eigenvalue weighted by molar-refractivity contribution is 5.94. The molecular weight excluding hydrogens is 432 g/mol. The van der Waals surface area contributed by atoms with Crippen LogP contribution in [0.3, 0.4) is 0 Å². The predicted molar refractivity (Wildman–Crippen MR) is 139 cm³/mol. The number of benzene rings is 1. The van der Waals surface area contributed by atoms with E-state index < -0.39 is 11.1 Å². The van der Waals surface area contributed by atoms with Crippen molar-refractivity contribution >= 4 is 17.3 Å². The van der Waals surface area contributed by atoms with Crippen LogP contribution in [0.2, 0.25) is 0 Å². The summed E-state index contributed by atoms with van der Waals surface area (Å²) in [5.74, 6) is -0.0781. The number of nitrogens with one attached hydrogen (secondary N) is 3. The summed E-state index contributed by atoms with van der Waals surface area (Å²) in [7, 11) is 0. The third kappa shape index (κ3) is 9.79. The monoisotopic (exact) mass is 476 g/mol. The first-order valence-corrected chi connectivity index (χ1v) is 11.9. The quantitative estimate of drug-likeness (QED) is 0.151. The highest BCUT2D eigenvalue weighted by Gasteiger charge is 2.23. The molecule has 0 saturated heterocycles. The van der Waals surface area contributed by atoms with E-state index in [9.17, 15) is 4.79 Å². The lowest BCUT2D eigenvalue weighted by Crippen LogP contribution is -2.51. The topological polar surface area (TPSA) is 122 Å². The van der Waals surface area contributed by atoms with Crippen molar-refractivity contribution in [2.75, 3.05) is 39.3 Å². The first-order valence-electron chi connectivity index (χ1n) is 11.9. The summed E-state index contributed by atoms with van der Waals surface area (Å²) >= 11 is 0. The number of oxime groups is 2. The van der Waals surface area contributed by atoms with Gasteiger partial charge < -0.3 is 26.4 Å². The average molecular weight is 477 g/mol. The molecule has 192 valence electrons. The number of hydrogen-bond donors (Lipinski definition) is 5. The molecule has 0 radical (unpaired) electrons. The van der Waals surface area contributed by atoms with Crippen molar-refractivity contribution in [3.05, 3.63) is 35.4 Å². The largest absolute Gasteiger partial charge is 0.411 e. The van der Waals surface area contributed by atoms with Gasteiger partial charge in [-0.3, -0.25) is 9.69 Å². The summed E-state index contributed by atoms with van der Waals surface area (Å²) < 4.78 is 0. The van der Waals surface area contributed by atoms with E-state index in [2.05, 4.69) is 38.1 Å². The Labute approximate surface area is 204 Å². The van der Waals surface area contributed by atoms with Crippen molar-refractivity contribution in [1.82, 2.24) is 20.9 Å². The van der Waals surface area contributed by atoms with Crippen molar-refractivity contribution in [2.45, 2.75) is 66.0 Å². The number of nitrogens with zero attached hydrogens (tertiary/aromatic N) is 3. The van der Waals surface area contributed by atoms with Crippen molar-refractivity contribution < 1.29 is 15.2 Å². The molecule has 34 heavy (non-hydrogen) atoms. The van der Waals surface area contributed by atoms with Gasteiger partial charge in [0.2, 0.25) is 0 Å². The number of carbonyl (C=O) groups excluding carboxylic acids is 1. The number of amides is 1. The maximum absolute atomic E-state index is 12.5. The van der Waals surface area contributed by atoms with Crippen molar-refractivity contribution in [3.8, 4) is 0 Å². The highest BCUT2D eigenvalue weighted by Crippen LogP contribution is 2.07. The molecule has 0 bridgehead atoms. The minimum atomic E-state index is -0.422. The maximum atomic E-state index is 12.5. The third-order valence-corrected chi connectivity index (χ3v) is 6.44. The van der Waals surface area contributed by atoms with Crippen LogP contribution < -0.4 is 16.0 Å². The van der Waals surface area contributed by atoms with Gasteiger partial charge in [-0.1, -0.05) is 29.4 Å². The molecule has 0 fully saturated rings. The van der Waals surface area contributed by atoms with E-state index >= 15 is 0 Å². The van der Waals surface area contributed by atoms with Crippen LogP contribution in [-0.4, -0.2) is 83.0 Å². The summed E-state index contributed by atoms with van der Waals surface area (Å²) in [5, 5.41) is 34.7. The average Bonchev–Trinajstić information content (AvgIpc) is 2.82. The first kappa shape index (κ1) is 29.5. The highest BCUT2D eigenvalue weighted by atomic mass is 16.4. The zero-order chi connectivity index (χ0) is 25.8. The van der Waals surface area contributed by atoms with Crippen LogP contribution in [0, 0.1) is 0 Å². The molecule has 0 unspecified atom stereocenters. The molecule has 0 heterocycles. The van der Waals surface area contributed by atoms with Gasteiger partial charge in [0, 0.05) is 44.8 Å². The minimum Gasteiger partial charge on any atom is -0.411 e. The Morgan fingerprint density at radius 2 is 1.29 bits per heavy atom. The van der Waals surface area contributed by atoms with Crippen LogP contribution in [0.4, 0.5) is 0 Å². The van der Waals surface area contributed by atoms with E-state index in [0.29, 0.717) is 43.2 Å². The summed E-state index contributed by atoms with van der Waals surface area (Å²) in [5.41, 5.74) is 2.25. The van der Waals surface area contributed by atoms with E-state index in [1.165, 1.54) is 5.56 Å². The van der Waals surface area contributed by atoms with Crippen LogP contribution >= 0.6 is 0 Å². The van der Waals surface area contributed by atoms with Crippen LogP contribution in [0.1, 0.15) is 64.4 Å². The molecule has 1 amide bonds. The lowest BCUT2D eigenvalue weighted by Gasteiger charge is -2.30. The molecular formula is C25H44N6O3. The zero-order valence-electron chi connectivity index (χ0n) is 21.9. The Bertz CT molecular complexity index is 782. The van der Waals surface area contributed by atoms with Crippen LogP contribution in [-0.2, 0) is 6.42 Å². The molecule has 9 heteroatoms. The summed E-state index contributed by atoms with van der Waals surface area (Å²) in [4.78, 5) is 14.8. The molecule has 5 N–H and O–H groups in total.